The Morgan fingerprint density at radius 1 is 1.24 bits per heavy atom. The lowest BCUT2D eigenvalue weighted by molar-refractivity contribution is 0.108. The number of nitrogens with zero attached hydrogens (tertiary/aromatic N) is 3. The summed E-state index contributed by atoms with van der Waals surface area (Å²) in [5.41, 5.74) is 0.0413. The zero-order valence-electron chi connectivity index (χ0n) is 13.3. The molecule has 0 amide bonds. The van der Waals surface area contributed by atoms with Gasteiger partial charge in [0.15, 0.2) is 0 Å². The highest BCUT2D eigenvalue weighted by molar-refractivity contribution is 5.29. The van der Waals surface area contributed by atoms with Crippen molar-refractivity contribution in [2.45, 2.75) is 45.6 Å². The number of hydrogen-bond acceptors (Lipinski definition) is 5. The second kappa shape index (κ2) is 7.71. The van der Waals surface area contributed by atoms with Crippen LogP contribution in [0.15, 0.2) is 18.5 Å². The zero-order valence-corrected chi connectivity index (χ0v) is 13.3. The molecule has 0 atom stereocenters. The maximum absolute atomic E-state index is 9.63. The zero-order chi connectivity index (χ0) is 15.1. The Hall–Kier alpha value is -1.20. The molecular weight excluding hydrogens is 264 g/mol. The molecule has 0 aliphatic carbocycles. The van der Waals surface area contributed by atoms with E-state index in [4.69, 9.17) is 0 Å². The number of aliphatic hydroxyl groups excluding tert-OH is 1. The van der Waals surface area contributed by atoms with Crippen LogP contribution in [0.2, 0.25) is 0 Å². The fourth-order valence-electron chi connectivity index (χ4n) is 2.88. The molecule has 0 spiro atoms. The van der Waals surface area contributed by atoms with E-state index < -0.39 is 0 Å². The Balaban J connectivity index is 1.79. The van der Waals surface area contributed by atoms with E-state index in [1.54, 1.807) is 12.4 Å². The summed E-state index contributed by atoms with van der Waals surface area (Å²) in [6.07, 6.45) is 7.84. The molecule has 1 aliphatic rings. The SMILES string of the molecule is CCC(CC)(CO)CNC1CCN(c2ncccn2)CC1. The lowest BCUT2D eigenvalue weighted by Crippen LogP contribution is -2.47. The lowest BCUT2D eigenvalue weighted by Gasteiger charge is -2.36. The number of nitrogens with one attached hydrogen (secondary N) is 1. The molecule has 1 aromatic heterocycles. The summed E-state index contributed by atoms with van der Waals surface area (Å²) in [5, 5.41) is 13.3. The van der Waals surface area contributed by atoms with Crippen molar-refractivity contribution < 1.29 is 5.11 Å². The van der Waals surface area contributed by atoms with Crippen molar-refractivity contribution in [3.63, 3.8) is 0 Å². The molecule has 0 unspecified atom stereocenters. The van der Waals surface area contributed by atoms with Crippen LogP contribution in [0.25, 0.3) is 0 Å². The quantitative estimate of drug-likeness (QED) is 0.803. The van der Waals surface area contributed by atoms with Crippen molar-refractivity contribution in [2.24, 2.45) is 5.41 Å². The smallest absolute Gasteiger partial charge is 0.225 e. The number of hydrogen-bond donors (Lipinski definition) is 2. The molecule has 1 aliphatic heterocycles. The van der Waals surface area contributed by atoms with Crippen molar-refractivity contribution in [2.75, 3.05) is 31.1 Å². The Morgan fingerprint density at radius 2 is 1.86 bits per heavy atom. The molecule has 5 nitrogen and oxygen atoms in total. The van der Waals surface area contributed by atoms with Crippen LogP contribution in [0.4, 0.5) is 5.95 Å². The van der Waals surface area contributed by atoms with Gasteiger partial charge < -0.3 is 15.3 Å². The molecule has 0 saturated carbocycles. The van der Waals surface area contributed by atoms with E-state index in [1.165, 1.54) is 0 Å². The number of anilines is 1. The number of aliphatic hydroxyl groups is 1. The highest BCUT2D eigenvalue weighted by Crippen LogP contribution is 2.25. The van der Waals surface area contributed by atoms with Gasteiger partial charge in [-0.3, -0.25) is 0 Å². The molecule has 1 fully saturated rings. The largest absolute Gasteiger partial charge is 0.396 e. The van der Waals surface area contributed by atoms with Crippen LogP contribution in [0.3, 0.4) is 0 Å². The third-order valence-corrected chi connectivity index (χ3v) is 4.93. The van der Waals surface area contributed by atoms with Crippen LogP contribution in [0.5, 0.6) is 0 Å². The summed E-state index contributed by atoms with van der Waals surface area (Å²) in [6, 6.07) is 2.39. The van der Waals surface area contributed by atoms with E-state index in [0.29, 0.717) is 6.04 Å². The first-order chi connectivity index (χ1) is 10.2. The van der Waals surface area contributed by atoms with Crippen molar-refractivity contribution in [3.8, 4) is 0 Å². The maximum atomic E-state index is 9.63. The predicted molar refractivity (Wildman–Crippen MR) is 85.4 cm³/mol. The van der Waals surface area contributed by atoms with Crippen molar-refractivity contribution in [1.82, 2.24) is 15.3 Å². The van der Waals surface area contributed by atoms with Crippen molar-refractivity contribution >= 4 is 5.95 Å². The van der Waals surface area contributed by atoms with Gasteiger partial charge in [0.2, 0.25) is 5.95 Å². The Labute approximate surface area is 127 Å². The molecule has 2 heterocycles. The van der Waals surface area contributed by atoms with Gasteiger partial charge in [0, 0.05) is 50.1 Å². The lowest BCUT2D eigenvalue weighted by atomic mass is 9.83. The van der Waals surface area contributed by atoms with Gasteiger partial charge >= 0.3 is 0 Å². The minimum Gasteiger partial charge on any atom is -0.396 e. The predicted octanol–water partition coefficient (Wildman–Crippen LogP) is 1.83. The van der Waals surface area contributed by atoms with E-state index in [2.05, 4.69) is 34.0 Å². The highest BCUT2D eigenvalue weighted by Gasteiger charge is 2.27. The molecule has 21 heavy (non-hydrogen) atoms. The second-order valence-corrected chi connectivity index (χ2v) is 6.06. The van der Waals surface area contributed by atoms with Crippen molar-refractivity contribution in [1.29, 1.82) is 0 Å². The highest BCUT2D eigenvalue weighted by atomic mass is 16.3. The standard InChI is InChI=1S/C16H28N4O/c1-3-16(4-2,13-21)12-19-14-6-10-20(11-7-14)15-17-8-5-9-18-15/h5,8-9,14,19,21H,3-4,6-7,10-13H2,1-2H3. The molecular formula is C16H28N4O. The molecule has 2 rings (SSSR count). The number of rotatable bonds is 7. The van der Waals surface area contributed by atoms with Crippen LogP contribution >= 0.6 is 0 Å². The van der Waals surface area contributed by atoms with Gasteiger partial charge in [-0.15, -0.1) is 0 Å². The number of piperidine rings is 1. The Morgan fingerprint density at radius 3 is 2.38 bits per heavy atom. The second-order valence-electron chi connectivity index (χ2n) is 6.06. The maximum Gasteiger partial charge on any atom is 0.225 e. The third-order valence-electron chi connectivity index (χ3n) is 4.93. The first-order valence-electron chi connectivity index (χ1n) is 8.09. The van der Waals surface area contributed by atoms with E-state index in [9.17, 15) is 5.11 Å². The van der Waals surface area contributed by atoms with Gasteiger partial charge in [-0.1, -0.05) is 13.8 Å². The minimum absolute atomic E-state index is 0.0413. The topological polar surface area (TPSA) is 61.3 Å². The molecule has 0 bridgehead atoms. The first-order valence-corrected chi connectivity index (χ1v) is 8.09. The van der Waals surface area contributed by atoms with Gasteiger partial charge in [-0.25, -0.2) is 9.97 Å². The van der Waals surface area contributed by atoms with E-state index in [-0.39, 0.29) is 12.0 Å². The monoisotopic (exact) mass is 292 g/mol. The third kappa shape index (κ3) is 4.14. The van der Waals surface area contributed by atoms with Crippen LogP contribution in [-0.4, -0.2) is 47.4 Å². The molecule has 1 aromatic rings. The molecule has 0 radical (unpaired) electrons. The van der Waals surface area contributed by atoms with Gasteiger partial charge in [-0.05, 0) is 31.7 Å². The minimum atomic E-state index is 0.0413. The average molecular weight is 292 g/mol. The molecule has 2 N–H and O–H groups in total. The van der Waals surface area contributed by atoms with Gasteiger partial charge in [0.25, 0.3) is 0 Å². The Kier molecular flexibility index (Phi) is 5.94. The van der Waals surface area contributed by atoms with Gasteiger partial charge in [0.05, 0.1) is 0 Å². The summed E-state index contributed by atoms with van der Waals surface area (Å²) in [5.74, 6) is 0.836. The summed E-state index contributed by atoms with van der Waals surface area (Å²) >= 11 is 0. The first kappa shape index (κ1) is 16.2. The molecule has 5 heteroatoms. The van der Waals surface area contributed by atoms with Gasteiger partial charge in [0.1, 0.15) is 0 Å². The summed E-state index contributed by atoms with van der Waals surface area (Å²) in [7, 11) is 0. The van der Waals surface area contributed by atoms with Gasteiger partial charge in [-0.2, -0.15) is 0 Å². The fourth-order valence-corrected chi connectivity index (χ4v) is 2.88. The van der Waals surface area contributed by atoms with E-state index in [0.717, 1.165) is 51.3 Å². The summed E-state index contributed by atoms with van der Waals surface area (Å²) in [4.78, 5) is 10.9. The van der Waals surface area contributed by atoms with E-state index >= 15 is 0 Å². The fraction of sp³-hybridized carbons (Fsp3) is 0.750. The Bertz CT molecular complexity index is 392. The summed E-state index contributed by atoms with van der Waals surface area (Å²) < 4.78 is 0. The average Bonchev–Trinajstić information content (AvgIpc) is 2.58. The van der Waals surface area contributed by atoms with Crippen LogP contribution in [0, 0.1) is 5.41 Å². The van der Waals surface area contributed by atoms with Crippen LogP contribution in [-0.2, 0) is 0 Å². The normalized spacial score (nSPS) is 17.2. The van der Waals surface area contributed by atoms with E-state index in [1.807, 2.05) is 6.07 Å². The molecule has 0 aromatic carbocycles. The molecule has 118 valence electrons. The van der Waals surface area contributed by atoms with Crippen LogP contribution < -0.4 is 10.2 Å². The molecule has 1 saturated heterocycles. The van der Waals surface area contributed by atoms with Crippen LogP contribution in [0.1, 0.15) is 39.5 Å². The number of aromatic nitrogens is 2. The summed E-state index contributed by atoms with van der Waals surface area (Å²) in [6.45, 7) is 7.48. The van der Waals surface area contributed by atoms with Crippen molar-refractivity contribution in [3.05, 3.63) is 18.5 Å².